The van der Waals surface area contributed by atoms with E-state index in [9.17, 15) is 14.4 Å². The van der Waals surface area contributed by atoms with Crippen LogP contribution in [0.2, 0.25) is 0 Å². The first kappa shape index (κ1) is 35.1. The number of nitrogens with one attached hydrogen (secondary N) is 3. The lowest BCUT2D eigenvalue weighted by Gasteiger charge is -2.20. The number of carbonyl (C=O) groups excluding carboxylic acids is 3. The second-order valence-corrected chi connectivity index (χ2v) is 13.0. The van der Waals surface area contributed by atoms with Crippen molar-refractivity contribution in [3.8, 4) is 28.7 Å². The molecule has 0 aliphatic heterocycles. The fourth-order valence-electron chi connectivity index (χ4n) is 5.77. The van der Waals surface area contributed by atoms with E-state index in [-0.39, 0.29) is 24.7 Å². The van der Waals surface area contributed by atoms with Crippen LogP contribution in [0.4, 0.5) is 20.6 Å². The van der Waals surface area contributed by atoms with Crippen molar-refractivity contribution in [2.24, 2.45) is 5.41 Å². The van der Waals surface area contributed by atoms with Gasteiger partial charge in [-0.2, -0.15) is 0 Å². The van der Waals surface area contributed by atoms with Crippen LogP contribution in [-0.4, -0.2) is 49.3 Å². The van der Waals surface area contributed by atoms with Crippen molar-refractivity contribution >= 4 is 40.2 Å². The van der Waals surface area contributed by atoms with Crippen molar-refractivity contribution in [1.29, 1.82) is 0 Å². The minimum Gasteiger partial charge on any atom is -0.497 e. The molecule has 5 aromatic rings. The standard InChI is InChI=1S/C40H37FN4O8/c1-49-27-10-8-25(9-11-27)23-51-38(48)45-39(15-16-39)24-52-35-22-32-29(21-34(35)50-2)33(14-19-42-32)53-28-12-13-31(30(41)20-28)44-37(47)40(17-18-40)36(46)43-26-6-4-3-5-7-26/h3-14,19-22H,15-18,23-24H2,1-2H3,(H,43,46)(H,44,47)(H,45,48). The van der Waals surface area contributed by atoms with Crippen LogP contribution in [0.25, 0.3) is 10.9 Å². The second-order valence-electron chi connectivity index (χ2n) is 13.0. The van der Waals surface area contributed by atoms with Crippen LogP contribution in [0.5, 0.6) is 28.7 Å². The predicted molar refractivity (Wildman–Crippen MR) is 194 cm³/mol. The lowest BCUT2D eigenvalue weighted by molar-refractivity contribution is -0.131. The molecule has 12 nitrogen and oxygen atoms in total. The first-order valence-corrected chi connectivity index (χ1v) is 17.0. The number of rotatable bonds is 14. The lowest BCUT2D eigenvalue weighted by atomic mass is 10.0. The molecule has 0 atom stereocenters. The minimum atomic E-state index is -1.25. The maximum absolute atomic E-state index is 15.3. The number of anilines is 2. The number of nitrogens with zero attached hydrogens (tertiary/aromatic N) is 1. The van der Waals surface area contributed by atoms with Crippen LogP contribution in [0.1, 0.15) is 31.2 Å². The molecule has 2 fully saturated rings. The molecule has 2 aliphatic carbocycles. The van der Waals surface area contributed by atoms with Crippen LogP contribution < -0.4 is 34.9 Å². The van der Waals surface area contributed by atoms with E-state index >= 15 is 4.39 Å². The largest absolute Gasteiger partial charge is 0.497 e. The highest BCUT2D eigenvalue weighted by atomic mass is 19.1. The summed E-state index contributed by atoms with van der Waals surface area (Å²) in [5.41, 5.74) is 0.0433. The Kier molecular flexibility index (Phi) is 9.72. The summed E-state index contributed by atoms with van der Waals surface area (Å²) in [6.45, 7) is 0.300. The van der Waals surface area contributed by atoms with Gasteiger partial charge in [-0.05, 0) is 79.8 Å². The van der Waals surface area contributed by atoms with Gasteiger partial charge in [0.25, 0.3) is 0 Å². The van der Waals surface area contributed by atoms with Gasteiger partial charge in [-0.1, -0.05) is 30.3 Å². The molecule has 4 aromatic carbocycles. The average Bonchev–Trinajstić information content (AvgIpc) is 4.12. The fourth-order valence-corrected chi connectivity index (χ4v) is 5.77. The Morgan fingerprint density at radius 1 is 0.774 bits per heavy atom. The normalized spacial score (nSPS) is 14.7. The van der Waals surface area contributed by atoms with E-state index in [2.05, 4.69) is 20.9 Å². The van der Waals surface area contributed by atoms with Gasteiger partial charge in [-0.15, -0.1) is 0 Å². The van der Waals surface area contributed by atoms with E-state index in [4.69, 9.17) is 23.7 Å². The molecular formula is C40H37FN4O8. The van der Waals surface area contributed by atoms with Crippen molar-refractivity contribution in [2.45, 2.75) is 37.8 Å². The quantitative estimate of drug-likeness (QED) is 0.100. The Bertz CT molecular complexity index is 2150. The number of pyridine rings is 1. The van der Waals surface area contributed by atoms with E-state index in [1.165, 1.54) is 19.2 Å². The maximum Gasteiger partial charge on any atom is 0.408 e. The summed E-state index contributed by atoms with van der Waals surface area (Å²) in [5, 5.41) is 8.84. The molecular weight excluding hydrogens is 683 g/mol. The summed E-state index contributed by atoms with van der Waals surface area (Å²) >= 11 is 0. The van der Waals surface area contributed by atoms with E-state index < -0.39 is 34.7 Å². The molecule has 13 heteroatoms. The van der Waals surface area contributed by atoms with E-state index in [0.29, 0.717) is 46.7 Å². The van der Waals surface area contributed by atoms with Crippen molar-refractivity contribution in [1.82, 2.24) is 10.3 Å². The Labute approximate surface area is 304 Å². The monoisotopic (exact) mass is 720 g/mol. The van der Waals surface area contributed by atoms with Gasteiger partial charge in [0, 0.05) is 29.4 Å². The first-order chi connectivity index (χ1) is 25.7. The third-order valence-electron chi connectivity index (χ3n) is 9.31. The van der Waals surface area contributed by atoms with Gasteiger partial charge in [0.1, 0.15) is 41.7 Å². The summed E-state index contributed by atoms with van der Waals surface area (Å²) < 4.78 is 43.7. The molecule has 53 heavy (non-hydrogen) atoms. The number of benzene rings is 4. The smallest absolute Gasteiger partial charge is 0.408 e. The molecule has 1 aromatic heterocycles. The molecule has 0 unspecified atom stereocenters. The minimum absolute atomic E-state index is 0.0717. The zero-order chi connectivity index (χ0) is 37.0. The number of alkyl carbamates (subject to hydrolysis) is 1. The first-order valence-electron chi connectivity index (χ1n) is 17.0. The highest BCUT2D eigenvalue weighted by Gasteiger charge is 2.56. The van der Waals surface area contributed by atoms with Gasteiger partial charge in [0.05, 0.1) is 31.0 Å². The Balaban J connectivity index is 0.975. The number of carbonyl (C=O) groups is 3. The molecule has 0 saturated heterocycles. The molecule has 2 aliphatic rings. The Morgan fingerprint density at radius 2 is 1.51 bits per heavy atom. The van der Waals surface area contributed by atoms with Crippen LogP contribution in [0, 0.1) is 11.2 Å². The number of hydrogen-bond donors (Lipinski definition) is 3. The third kappa shape index (κ3) is 7.93. The Morgan fingerprint density at radius 3 is 2.19 bits per heavy atom. The molecule has 3 amide bonds. The van der Waals surface area contributed by atoms with Crippen molar-refractivity contribution in [3.05, 3.63) is 109 Å². The highest BCUT2D eigenvalue weighted by molar-refractivity contribution is 6.17. The zero-order valence-corrected chi connectivity index (χ0v) is 29.1. The number of aromatic nitrogens is 1. The third-order valence-corrected chi connectivity index (χ3v) is 9.31. The lowest BCUT2D eigenvalue weighted by Crippen LogP contribution is -2.41. The van der Waals surface area contributed by atoms with E-state index in [1.54, 1.807) is 67.9 Å². The SMILES string of the molecule is COc1ccc(COC(=O)NC2(COc3cc4nccc(Oc5ccc(NC(=O)C6(C(=O)Nc7ccccc7)CC6)c(F)c5)c4cc3OC)CC2)cc1. The fraction of sp³-hybridized carbons (Fsp3) is 0.250. The summed E-state index contributed by atoms with van der Waals surface area (Å²) in [6, 6.07) is 25.2. The molecule has 0 spiro atoms. The number of methoxy groups -OCH3 is 2. The number of hydrogen-bond acceptors (Lipinski definition) is 9. The van der Waals surface area contributed by atoms with Gasteiger partial charge in [0.15, 0.2) is 11.5 Å². The van der Waals surface area contributed by atoms with Gasteiger partial charge < -0.3 is 39.6 Å². The maximum atomic E-state index is 15.3. The second kappa shape index (κ2) is 14.7. The zero-order valence-electron chi connectivity index (χ0n) is 29.1. The van der Waals surface area contributed by atoms with Gasteiger partial charge in [0.2, 0.25) is 11.8 Å². The van der Waals surface area contributed by atoms with Crippen LogP contribution in [0.15, 0.2) is 97.2 Å². The van der Waals surface area contributed by atoms with Crippen LogP contribution >= 0.6 is 0 Å². The van der Waals surface area contributed by atoms with Crippen molar-refractivity contribution in [2.75, 3.05) is 31.5 Å². The number of amides is 3. The van der Waals surface area contributed by atoms with Crippen molar-refractivity contribution in [3.63, 3.8) is 0 Å². The molecule has 2 saturated carbocycles. The van der Waals surface area contributed by atoms with Crippen molar-refractivity contribution < 1.29 is 42.5 Å². The van der Waals surface area contributed by atoms with E-state index in [1.807, 2.05) is 18.2 Å². The molecule has 0 bridgehead atoms. The van der Waals surface area contributed by atoms with Gasteiger partial charge >= 0.3 is 6.09 Å². The molecule has 0 radical (unpaired) electrons. The number of halogens is 1. The van der Waals surface area contributed by atoms with Gasteiger partial charge in [-0.3, -0.25) is 14.6 Å². The number of ether oxygens (including phenoxy) is 5. The van der Waals surface area contributed by atoms with Gasteiger partial charge in [-0.25, -0.2) is 9.18 Å². The van der Waals surface area contributed by atoms with E-state index in [0.717, 1.165) is 30.2 Å². The molecule has 7 rings (SSSR count). The molecule has 1 heterocycles. The number of fused-ring (bicyclic) bond motifs is 1. The topological polar surface area (TPSA) is 146 Å². The average molecular weight is 721 g/mol. The summed E-state index contributed by atoms with van der Waals surface area (Å²) in [5.74, 6) is 0.367. The molecule has 272 valence electrons. The Hall–Kier alpha value is -6.37. The summed E-state index contributed by atoms with van der Waals surface area (Å²) in [7, 11) is 3.09. The number of para-hydroxylation sites is 1. The highest BCUT2D eigenvalue weighted by Crippen LogP contribution is 2.48. The summed E-state index contributed by atoms with van der Waals surface area (Å²) in [6.07, 6.45) is 3.19. The summed E-state index contributed by atoms with van der Waals surface area (Å²) in [4.78, 5) is 43.1. The van der Waals surface area contributed by atoms with Crippen LogP contribution in [0.3, 0.4) is 0 Å². The molecule has 3 N–H and O–H groups in total. The predicted octanol–water partition coefficient (Wildman–Crippen LogP) is 7.38. The van der Waals surface area contributed by atoms with Crippen LogP contribution in [-0.2, 0) is 20.9 Å².